The van der Waals surface area contributed by atoms with Crippen molar-refractivity contribution in [2.75, 3.05) is 6.54 Å². The van der Waals surface area contributed by atoms with Crippen molar-refractivity contribution in [2.24, 2.45) is 11.8 Å². The Bertz CT molecular complexity index is 565. The van der Waals surface area contributed by atoms with Gasteiger partial charge in [-0.25, -0.2) is 0 Å². The van der Waals surface area contributed by atoms with E-state index in [4.69, 9.17) is 0 Å². The normalized spacial score (nSPS) is 20.5. The zero-order valence-electron chi connectivity index (χ0n) is 15.5. The lowest BCUT2D eigenvalue weighted by molar-refractivity contribution is -0.121. The number of carbonyl (C=O) groups is 2. The van der Waals surface area contributed by atoms with Crippen LogP contribution in [0.1, 0.15) is 68.3 Å². The predicted molar refractivity (Wildman–Crippen MR) is 99.5 cm³/mol. The largest absolute Gasteiger partial charge is 0.393 e. The lowest BCUT2D eigenvalue weighted by atomic mass is 9.87. The molecule has 1 fully saturated rings. The molecular formula is C21H31NO3. The molecule has 2 N–H and O–H groups in total. The van der Waals surface area contributed by atoms with E-state index in [1.807, 2.05) is 24.3 Å². The molecule has 138 valence electrons. The van der Waals surface area contributed by atoms with Crippen LogP contribution in [0.2, 0.25) is 0 Å². The molecular weight excluding hydrogens is 314 g/mol. The Morgan fingerprint density at radius 1 is 1.16 bits per heavy atom. The average molecular weight is 345 g/mol. The monoisotopic (exact) mass is 345 g/mol. The summed E-state index contributed by atoms with van der Waals surface area (Å²) in [6.45, 7) is 4.95. The molecule has 1 aromatic carbocycles. The molecule has 0 bridgehead atoms. The summed E-state index contributed by atoms with van der Waals surface area (Å²) in [5, 5.41) is 12.6. The molecule has 2 unspecified atom stereocenters. The number of benzene rings is 1. The van der Waals surface area contributed by atoms with E-state index in [1.165, 1.54) is 5.56 Å². The second-order valence-corrected chi connectivity index (χ2v) is 7.71. The number of Topliss-reactive ketones (excluding diaryl/α,β-unsaturated/α-hetero) is 1. The first-order valence-corrected chi connectivity index (χ1v) is 9.51. The van der Waals surface area contributed by atoms with Crippen molar-refractivity contribution in [3.05, 3.63) is 35.4 Å². The van der Waals surface area contributed by atoms with Gasteiger partial charge in [-0.1, -0.05) is 44.5 Å². The minimum Gasteiger partial charge on any atom is -0.393 e. The molecule has 0 spiro atoms. The molecule has 1 aliphatic carbocycles. The molecule has 1 amide bonds. The van der Waals surface area contributed by atoms with Gasteiger partial charge in [-0.05, 0) is 43.1 Å². The number of ketones is 1. The molecule has 25 heavy (non-hydrogen) atoms. The molecule has 4 nitrogen and oxygen atoms in total. The van der Waals surface area contributed by atoms with Crippen LogP contribution in [-0.2, 0) is 11.2 Å². The molecule has 0 heterocycles. The number of rotatable bonds is 8. The van der Waals surface area contributed by atoms with E-state index in [0.29, 0.717) is 23.9 Å². The van der Waals surface area contributed by atoms with E-state index in [2.05, 4.69) is 19.2 Å². The number of hydrogen-bond acceptors (Lipinski definition) is 3. The van der Waals surface area contributed by atoms with Crippen LogP contribution in [0.15, 0.2) is 24.3 Å². The van der Waals surface area contributed by atoms with Gasteiger partial charge in [0.05, 0.1) is 6.10 Å². The zero-order valence-corrected chi connectivity index (χ0v) is 15.5. The van der Waals surface area contributed by atoms with Crippen LogP contribution in [-0.4, -0.2) is 29.4 Å². The van der Waals surface area contributed by atoms with Gasteiger partial charge in [-0.2, -0.15) is 0 Å². The Morgan fingerprint density at radius 3 is 2.52 bits per heavy atom. The maximum absolute atomic E-state index is 12.2. The Hall–Kier alpha value is -1.68. The van der Waals surface area contributed by atoms with Crippen molar-refractivity contribution in [3.8, 4) is 0 Å². The van der Waals surface area contributed by atoms with Crippen LogP contribution >= 0.6 is 0 Å². The fourth-order valence-electron chi connectivity index (χ4n) is 3.46. The summed E-state index contributed by atoms with van der Waals surface area (Å²) in [5.74, 6) is 0.886. The fourth-order valence-corrected chi connectivity index (χ4v) is 3.46. The van der Waals surface area contributed by atoms with Gasteiger partial charge < -0.3 is 10.4 Å². The van der Waals surface area contributed by atoms with E-state index in [0.717, 1.165) is 32.1 Å². The van der Waals surface area contributed by atoms with E-state index in [-0.39, 0.29) is 30.6 Å². The zero-order chi connectivity index (χ0) is 18.2. The molecule has 0 radical (unpaired) electrons. The maximum Gasteiger partial charge on any atom is 0.220 e. The molecule has 2 atom stereocenters. The molecule has 1 aliphatic rings. The van der Waals surface area contributed by atoms with Gasteiger partial charge in [0.2, 0.25) is 5.91 Å². The highest BCUT2D eigenvalue weighted by atomic mass is 16.3. The van der Waals surface area contributed by atoms with Crippen molar-refractivity contribution in [3.63, 3.8) is 0 Å². The van der Waals surface area contributed by atoms with Crippen LogP contribution in [0.25, 0.3) is 0 Å². The van der Waals surface area contributed by atoms with Gasteiger partial charge in [0.1, 0.15) is 0 Å². The third-order valence-electron chi connectivity index (χ3n) is 4.84. The van der Waals surface area contributed by atoms with E-state index in [1.54, 1.807) is 0 Å². The van der Waals surface area contributed by atoms with Crippen LogP contribution in [0.4, 0.5) is 0 Å². The van der Waals surface area contributed by atoms with Crippen LogP contribution in [0, 0.1) is 11.8 Å². The Labute approximate surface area is 151 Å². The second-order valence-electron chi connectivity index (χ2n) is 7.71. The summed E-state index contributed by atoms with van der Waals surface area (Å²) in [7, 11) is 0. The highest BCUT2D eigenvalue weighted by Gasteiger charge is 2.20. The minimum absolute atomic E-state index is 0.0133. The number of nitrogens with one attached hydrogen (secondary N) is 1. The lowest BCUT2D eigenvalue weighted by Gasteiger charge is -2.25. The number of aliphatic hydroxyl groups is 1. The Kier molecular flexibility index (Phi) is 7.63. The SMILES string of the molecule is CC(C)Cc1ccc(C(=O)CCC(=O)NCC2CCCC(O)C2)cc1. The molecule has 1 aromatic rings. The third kappa shape index (κ3) is 6.99. The molecule has 2 rings (SSSR count). The lowest BCUT2D eigenvalue weighted by Crippen LogP contribution is -2.33. The standard InChI is InChI=1S/C21H31NO3/c1-15(2)12-16-6-8-18(9-7-16)20(24)10-11-21(25)22-14-17-4-3-5-19(23)13-17/h6-9,15,17,19,23H,3-5,10-14H2,1-2H3,(H,22,25). The average Bonchev–Trinajstić information content (AvgIpc) is 2.58. The summed E-state index contributed by atoms with van der Waals surface area (Å²) < 4.78 is 0. The third-order valence-corrected chi connectivity index (χ3v) is 4.84. The van der Waals surface area contributed by atoms with Crippen molar-refractivity contribution < 1.29 is 14.7 Å². The molecule has 0 saturated heterocycles. The topological polar surface area (TPSA) is 66.4 Å². The second kappa shape index (κ2) is 9.71. The summed E-state index contributed by atoms with van der Waals surface area (Å²) >= 11 is 0. The van der Waals surface area contributed by atoms with Crippen molar-refractivity contribution in [1.29, 1.82) is 0 Å². The van der Waals surface area contributed by atoms with Crippen molar-refractivity contribution in [1.82, 2.24) is 5.32 Å². The Balaban J connectivity index is 1.70. The van der Waals surface area contributed by atoms with Crippen molar-refractivity contribution >= 4 is 11.7 Å². The van der Waals surface area contributed by atoms with Crippen LogP contribution in [0.5, 0.6) is 0 Å². The molecule has 1 saturated carbocycles. The van der Waals surface area contributed by atoms with Gasteiger partial charge in [0.25, 0.3) is 0 Å². The van der Waals surface area contributed by atoms with Crippen LogP contribution in [0.3, 0.4) is 0 Å². The highest BCUT2D eigenvalue weighted by Crippen LogP contribution is 2.23. The van der Waals surface area contributed by atoms with Gasteiger partial charge in [0.15, 0.2) is 5.78 Å². The van der Waals surface area contributed by atoms with E-state index >= 15 is 0 Å². The number of hydrogen-bond donors (Lipinski definition) is 2. The summed E-state index contributed by atoms with van der Waals surface area (Å²) in [4.78, 5) is 24.2. The maximum atomic E-state index is 12.2. The predicted octanol–water partition coefficient (Wildman–Crippen LogP) is 3.52. The van der Waals surface area contributed by atoms with E-state index < -0.39 is 0 Å². The van der Waals surface area contributed by atoms with Crippen molar-refractivity contribution in [2.45, 2.75) is 64.9 Å². The highest BCUT2D eigenvalue weighted by molar-refractivity contribution is 5.97. The summed E-state index contributed by atoms with van der Waals surface area (Å²) in [6, 6.07) is 7.73. The molecule has 0 aliphatic heterocycles. The smallest absolute Gasteiger partial charge is 0.220 e. The summed E-state index contributed by atoms with van der Waals surface area (Å²) in [6.07, 6.45) is 4.95. The van der Waals surface area contributed by atoms with Gasteiger partial charge >= 0.3 is 0 Å². The van der Waals surface area contributed by atoms with E-state index in [9.17, 15) is 14.7 Å². The first kappa shape index (κ1) is 19.6. The van der Waals surface area contributed by atoms with Gasteiger partial charge in [-0.3, -0.25) is 9.59 Å². The van der Waals surface area contributed by atoms with Crippen LogP contribution < -0.4 is 5.32 Å². The molecule has 4 heteroatoms. The first-order valence-electron chi connectivity index (χ1n) is 9.51. The number of aliphatic hydroxyl groups excluding tert-OH is 1. The quantitative estimate of drug-likeness (QED) is 0.709. The first-order chi connectivity index (χ1) is 11.9. The number of amides is 1. The molecule has 0 aromatic heterocycles. The fraction of sp³-hybridized carbons (Fsp3) is 0.619. The summed E-state index contributed by atoms with van der Waals surface area (Å²) in [5.41, 5.74) is 1.91. The Morgan fingerprint density at radius 2 is 1.88 bits per heavy atom. The van der Waals surface area contributed by atoms with Gasteiger partial charge in [0, 0.05) is 24.9 Å². The minimum atomic E-state index is -0.226. The van der Waals surface area contributed by atoms with Gasteiger partial charge in [-0.15, -0.1) is 0 Å². The number of carbonyl (C=O) groups excluding carboxylic acids is 2.